The largest absolute Gasteiger partial charge is 0.433 e. The van der Waals surface area contributed by atoms with Crippen LogP contribution >= 0.6 is 23.7 Å². The standard InChI is InChI=1S/C13H15F2N3O2S.ClH/c1-7-6-8(19-12(14)15)9(21-7)10-17-11(18-20-10)13(16)4-2-3-5-13;/h6,12H,2-5,16H2,1H3;1H. The molecule has 5 nitrogen and oxygen atoms in total. The van der Waals surface area contributed by atoms with E-state index in [0.717, 1.165) is 30.6 Å². The summed E-state index contributed by atoms with van der Waals surface area (Å²) >= 11 is 1.27. The molecule has 0 amide bonds. The Balaban J connectivity index is 0.00000176. The number of halogens is 3. The Kier molecular flexibility index (Phi) is 5.03. The maximum Gasteiger partial charge on any atom is 0.387 e. The number of hydrogen-bond acceptors (Lipinski definition) is 6. The van der Waals surface area contributed by atoms with Gasteiger partial charge in [0.25, 0.3) is 5.89 Å². The van der Waals surface area contributed by atoms with Crippen molar-refractivity contribution >= 4 is 23.7 Å². The van der Waals surface area contributed by atoms with Crippen LogP contribution in [0, 0.1) is 6.92 Å². The Bertz CT molecular complexity index is 641. The minimum atomic E-state index is -2.89. The molecule has 22 heavy (non-hydrogen) atoms. The van der Waals surface area contributed by atoms with Crippen LogP contribution < -0.4 is 10.5 Å². The van der Waals surface area contributed by atoms with E-state index in [2.05, 4.69) is 14.9 Å². The molecule has 122 valence electrons. The van der Waals surface area contributed by atoms with Crippen molar-refractivity contribution < 1.29 is 18.0 Å². The molecule has 2 aromatic rings. The van der Waals surface area contributed by atoms with E-state index in [1.807, 2.05) is 0 Å². The number of thiophene rings is 1. The van der Waals surface area contributed by atoms with Crippen LogP contribution in [-0.4, -0.2) is 16.8 Å². The number of nitrogens with zero attached hydrogens (tertiary/aromatic N) is 2. The van der Waals surface area contributed by atoms with Gasteiger partial charge in [0, 0.05) is 4.88 Å². The minimum Gasteiger partial charge on any atom is -0.433 e. The zero-order valence-corrected chi connectivity index (χ0v) is 13.5. The van der Waals surface area contributed by atoms with Crippen LogP contribution in [0.1, 0.15) is 36.4 Å². The van der Waals surface area contributed by atoms with Crippen molar-refractivity contribution in [2.45, 2.75) is 44.8 Å². The topological polar surface area (TPSA) is 74.2 Å². The number of ether oxygens (including phenoxy) is 1. The second kappa shape index (κ2) is 6.47. The molecule has 0 aliphatic heterocycles. The van der Waals surface area contributed by atoms with E-state index < -0.39 is 12.2 Å². The van der Waals surface area contributed by atoms with Gasteiger partial charge in [-0.1, -0.05) is 18.0 Å². The number of aryl methyl sites for hydroxylation is 1. The highest BCUT2D eigenvalue weighted by Gasteiger charge is 2.36. The highest BCUT2D eigenvalue weighted by molar-refractivity contribution is 7.15. The normalized spacial score (nSPS) is 16.8. The maximum absolute atomic E-state index is 12.4. The molecule has 1 aliphatic carbocycles. The van der Waals surface area contributed by atoms with Crippen LogP contribution in [0.25, 0.3) is 10.8 Å². The summed E-state index contributed by atoms with van der Waals surface area (Å²) in [6, 6.07) is 1.53. The lowest BCUT2D eigenvalue weighted by Gasteiger charge is -2.17. The van der Waals surface area contributed by atoms with E-state index in [4.69, 9.17) is 10.3 Å². The fraction of sp³-hybridized carbons (Fsp3) is 0.538. The lowest BCUT2D eigenvalue weighted by Crippen LogP contribution is -2.34. The van der Waals surface area contributed by atoms with Gasteiger partial charge in [-0.15, -0.1) is 23.7 Å². The van der Waals surface area contributed by atoms with Gasteiger partial charge in [0.05, 0.1) is 5.54 Å². The van der Waals surface area contributed by atoms with Crippen LogP contribution in [0.5, 0.6) is 5.75 Å². The monoisotopic (exact) mass is 351 g/mol. The predicted molar refractivity (Wildman–Crippen MR) is 80.6 cm³/mol. The molecule has 0 atom stereocenters. The number of aromatic nitrogens is 2. The summed E-state index contributed by atoms with van der Waals surface area (Å²) in [5.41, 5.74) is 5.69. The molecule has 0 bridgehead atoms. The molecule has 3 rings (SSSR count). The van der Waals surface area contributed by atoms with Crippen LogP contribution in [-0.2, 0) is 5.54 Å². The Morgan fingerprint density at radius 1 is 1.41 bits per heavy atom. The maximum atomic E-state index is 12.4. The summed E-state index contributed by atoms with van der Waals surface area (Å²) in [5, 5.41) is 3.93. The van der Waals surface area contributed by atoms with Crippen molar-refractivity contribution in [3.63, 3.8) is 0 Å². The number of nitrogens with two attached hydrogens (primary N) is 1. The minimum absolute atomic E-state index is 0. The van der Waals surface area contributed by atoms with E-state index in [0.29, 0.717) is 10.7 Å². The van der Waals surface area contributed by atoms with Gasteiger partial charge in [-0.2, -0.15) is 13.8 Å². The van der Waals surface area contributed by atoms with E-state index in [9.17, 15) is 8.78 Å². The molecule has 0 saturated heterocycles. The molecule has 0 spiro atoms. The van der Waals surface area contributed by atoms with Crippen molar-refractivity contribution in [1.29, 1.82) is 0 Å². The smallest absolute Gasteiger partial charge is 0.387 e. The van der Waals surface area contributed by atoms with Gasteiger partial charge in [-0.3, -0.25) is 0 Å². The van der Waals surface area contributed by atoms with Crippen LogP contribution in [0.3, 0.4) is 0 Å². The molecular formula is C13H16ClF2N3O2S. The van der Waals surface area contributed by atoms with Crippen molar-refractivity contribution in [1.82, 2.24) is 10.1 Å². The fourth-order valence-corrected chi connectivity index (χ4v) is 3.44. The predicted octanol–water partition coefficient (Wildman–Crippen LogP) is 3.86. The quantitative estimate of drug-likeness (QED) is 0.905. The average molecular weight is 352 g/mol. The Morgan fingerprint density at radius 2 is 2.09 bits per heavy atom. The van der Waals surface area contributed by atoms with Crippen molar-refractivity contribution in [3.05, 3.63) is 16.8 Å². The summed E-state index contributed by atoms with van der Waals surface area (Å²) in [6.07, 6.45) is 3.65. The second-order valence-electron chi connectivity index (χ2n) is 5.22. The summed E-state index contributed by atoms with van der Waals surface area (Å²) in [4.78, 5) is 5.53. The summed E-state index contributed by atoms with van der Waals surface area (Å²) in [7, 11) is 0. The molecule has 1 aliphatic rings. The molecule has 2 N–H and O–H groups in total. The molecule has 0 unspecified atom stereocenters. The number of rotatable bonds is 4. The lowest BCUT2D eigenvalue weighted by atomic mass is 9.99. The summed E-state index contributed by atoms with van der Waals surface area (Å²) < 4.78 is 34.6. The fourth-order valence-electron chi connectivity index (χ4n) is 2.57. The van der Waals surface area contributed by atoms with Gasteiger partial charge < -0.3 is 15.0 Å². The molecule has 0 aromatic carbocycles. The Labute approximate surface area is 136 Å². The third-order valence-electron chi connectivity index (χ3n) is 3.60. The van der Waals surface area contributed by atoms with Gasteiger partial charge in [-0.25, -0.2) is 0 Å². The average Bonchev–Trinajstić information content (AvgIpc) is 3.09. The van der Waals surface area contributed by atoms with E-state index in [-0.39, 0.29) is 24.0 Å². The highest BCUT2D eigenvalue weighted by Crippen LogP contribution is 2.40. The number of alkyl halides is 2. The van der Waals surface area contributed by atoms with E-state index in [1.165, 1.54) is 17.4 Å². The van der Waals surface area contributed by atoms with Gasteiger partial charge in [0.15, 0.2) is 5.82 Å². The van der Waals surface area contributed by atoms with Crippen molar-refractivity contribution in [2.75, 3.05) is 0 Å². The molecule has 1 saturated carbocycles. The van der Waals surface area contributed by atoms with E-state index >= 15 is 0 Å². The Morgan fingerprint density at radius 3 is 2.73 bits per heavy atom. The number of hydrogen-bond donors (Lipinski definition) is 1. The van der Waals surface area contributed by atoms with Crippen LogP contribution in [0.2, 0.25) is 0 Å². The SMILES string of the molecule is Cc1cc(OC(F)F)c(-c2nc(C3(N)CCCC3)no2)s1.Cl. The molecule has 2 aromatic heterocycles. The zero-order valence-electron chi connectivity index (χ0n) is 11.8. The first-order valence-corrected chi connectivity index (χ1v) is 7.48. The first-order chi connectivity index (χ1) is 9.98. The second-order valence-corrected chi connectivity index (χ2v) is 6.47. The third kappa shape index (κ3) is 3.23. The lowest BCUT2D eigenvalue weighted by molar-refractivity contribution is -0.0492. The summed E-state index contributed by atoms with van der Waals surface area (Å²) in [5.74, 6) is 0.666. The molecule has 1 fully saturated rings. The summed E-state index contributed by atoms with van der Waals surface area (Å²) in [6.45, 7) is -1.10. The molecule has 0 radical (unpaired) electrons. The molecule has 2 heterocycles. The molecular weight excluding hydrogens is 336 g/mol. The Hall–Kier alpha value is -1.25. The first kappa shape index (κ1) is 17.1. The van der Waals surface area contributed by atoms with Gasteiger partial charge in [0.2, 0.25) is 0 Å². The van der Waals surface area contributed by atoms with Gasteiger partial charge in [-0.05, 0) is 25.8 Å². The van der Waals surface area contributed by atoms with Gasteiger partial charge >= 0.3 is 6.61 Å². The van der Waals surface area contributed by atoms with Crippen molar-refractivity contribution in [3.8, 4) is 16.5 Å². The van der Waals surface area contributed by atoms with E-state index in [1.54, 1.807) is 6.92 Å². The first-order valence-electron chi connectivity index (χ1n) is 6.67. The van der Waals surface area contributed by atoms with Crippen molar-refractivity contribution in [2.24, 2.45) is 5.73 Å². The van der Waals surface area contributed by atoms with Crippen LogP contribution in [0.4, 0.5) is 8.78 Å². The van der Waals surface area contributed by atoms with Gasteiger partial charge in [0.1, 0.15) is 10.6 Å². The highest BCUT2D eigenvalue weighted by atomic mass is 35.5. The zero-order chi connectivity index (χ0) is 15.0. The molecule has 9 heteroatoms. The van der Waals surface area contributed by atoms with Crippen LogP contribution in [0.15, 0.2) is 10.6 Å². The third-order valence-corrected chi connectivity index (χ3v) is 4.62.